The summed E-state index contributed by atoms with van der Waals surface area (Å²) >= 11 is 0. The van der Waals surface area contributed by atoms with Gasteiger partial charge in [-0.2, -0.15) is 0 Å². The van der Waals surface area contributed by atoms with Crippen molar-refractivity contribution in [1.29, 1.82) is 0 Å². The standard InChI is InChI=1S/C15H17N3/c1-12-14(5-4-8-16-12)13-6-7-15(17-11-13)18-9-2-3-10-18/h4-8,11H,2-3,9-10H2,1H3. The van der Waals surface area contributed by atoms with E-state index in [9.17, 15) is 0 Å². The molecule has 0 unspecified atom stereocenters. The highest BCUT2D eigenvalue weighted by Crippen LogP contribution is 2.24. The van der Waals surface area contributed by atoms with Crippen LogP contribution in [0.3, 0.4) is 0 Å². The van der Waals surface area contributed by atoms with Crippen molar-refractivity contribution >= 4 is 5.82 Å². The molecule has 3 nitrogen and oxygen atoms in total. The summed E-state index contributed by atoms with van der Waals surface area (Å²) in [5.41, 5.74) is 3.36. The van der Waals surface area contributed by atoms with Gasteiger partial charge in [0.25, 0.3) is 0 Å². The Balaban J connectivity index is 1.89. The quantitative estimate of drug-likeness (QED) is 0.806. The summed E-state index contributed by atoms with van der Waals surface area (Å²) in [5, 5.41) is 0. The minimum atomic E-state index is 1.05. The maximum atomic E-state index is 4.58. The lowest BCUT2D eigenvalue weighted by Crippen LogP contribution is -2.18. The van der Waals surface area contributed by atoms with Crippen molar-refractivity contribution in [3.8, 4) is 11.1 Å². The second-order valence-electron chi connectivity index (χ2n) is 4.74. The molecule has 1 aliphatic heterocycles. The molecule has 3 heterocycles. The van der Waals surface area contributed by atoms with Crippen molar-refractivity contribution < 1.29 is 0 Å². The summed E-state index contributed by atoms with van der Waals surface area (Å²) < 4.78 is 0. The third-order valence-corrected chi connectivity index (χ3v) is 3.50. The molecule has 0 spiro atoms. The number of nitrogens with zero attached hydrogens (tertiary/aromatic N) is 3. The van der Waals surface area contributed by atoms with Gasteiger partial charge in [0, 0.05) is 42.3 Å². The van der Waals surface area contributed by atoms with Gasteiger partial charge in [0.1, 0.15) is 5.82 Å². The number of anilines is 1. The van der Waals surface area contributed by atoms with Crippen LogP contribution in [0.2, 0.25) is 0 Å². The highest BCUT2D eigenvalue weighted by molar-refractivity contribution is 5.65. The summed E-state index contributed by atoms with van der Waals surface area (Å²) in [6, 6.07) is 8.32. The first-order chi connectivity index (χ1) is 8.84. The maximum Gasteiger partial charge on any atom is 0.128 e. The number of hydrogen-bond acceptors (Lipinski definition) is 3. The third kappa shape index (κ3) is 2.08. The van der Waals surface area contributed by atoms with Gasteiger partial charge in [0.05, 0.1) is 0 Å². The lowest BCUT2D eigenvalue weighted by molar-refractivity contribution is 0.938. The number of pyridine rings is 2. The van der Waals surface area contributed by atoms with E-state index in [1.165, 1.54) is 12.8 Å². The molecule has 0 radical (unpaired) electrons. The van der Waals surface area contributed by atoms with Crippen LogP contribution >= 0.6 is 0 Å². The molecule has 0 saturated carbocycles. The Bertz CT molecular complexity index is 528. The van der Waals surface area contributed by atoms with E-state index in [0.717, 1.165) is 35.7 Å². The Morgan fingerprint density at radius 2 is 1.89 bits per heavy atom. The molecule has 3 heteroatoms. The Kier molecular flexibility index (Phi) is 2.97. The van der Waals surface area contributed by atoms with E-state index in [1.807, 2.05) is 25.4 Å². The molecule has 0 aromatic carbocycles. The number of rotatable bonds is 2. The Morgan fingerprint density at radius 3 is 2.56 bits per heavy atom. The first kappa shape index (κ1) is 11.2. The lowest BCUT2D eigenvalue weighted by atomic mass is 10.1. The summed E-state index contributed by atoms with van der Waals surface area (Å²) in [6.07, 6.45) is 6.35. The zero-order valence-corrected chi connectivity index (χ0v) is 10.6. The molecule has 0 amide bonds. The third-order valence-electron chi connectivity index (χ3n) is 3.50. The molecule has 92 valence electrons. The normalized spacial score (nSPS) is 15.1. The average molecular weight is 239 g/mol. The van der Waals surface area contributed by atoms with Crippen LogP contribution in [0.5, 0.6) is 0 Å². The van der Waals surface area contributed by atoms with Gasteiger partial charge in [0.15, 0.2) is 0 Å². The highest BCUT2D eigenvalue weighted by atomic mass is 15.2. The first-order valence-corrected chi connectivity index (χ1v) is 6.47. The van der Waals surface area contributed by atoms with Crippen molar-refractivity contribution in [3.63, 3.8) is 0 Å². The van der Waals surface area contributed by atoms with E-state index in [0.29, 0.717) is 0 Å². The molecule has 0 bridgehead atoms. The molecule has 18 heavy (non-hydrogen) atoms. The topological polar surface area (TPSA) is 29.0 Å². The number of aromatic nitrogens is 2. The SMILES string of the molecule is Cc1ncccc1-c1ccc(N2CCCC2)nc1. The van der Waals surface area contributed by atoms with Crippen molar-refractivity contribution in [1.82, 2.24) is 9.97 Å². The second-order valence-corrected chi connectivity index (χ2v) is 4.74. The summed E-state index contributed by atoms with van der Waals surface area (Å²) in [6.45, 7) is 4.31. The van der Waals surface area contributed by atoms with E-state index in [-0.39, 0.29) is 0 Å². The molecular weight excluding hydrogens is 222 g/mol. The van der Waals surface area contributed by atoms with Gasteiger partial charge in [-0.1, -0.05) is 6.07 Å². The van der Waals surface area contributed by atoms with Gasteiger partial charge in [-0.25, -0.2) is 4.98 Å². The van der Waals surface area contributed by atoms with Crippen molar-refractivity contribution in [2.24, 2.45) is 0 Å². The Labute approximate surface area is 108 Å². The predicted molar refractivity (Wildman–Crippen MR) is 73.7 cm³/mol. The first-order valence-electron chi connectivity index (χ1n) is 6.47. The summed E-state index contributed by atoms with van der Waals surface area (Å²) in [5.74, 6) is 1.10. The molecule has 0 aliphatic carbocycles. The van der Waals surface area contributed by atoms with Crippen LogP contribution in [0.15, 0.2) is 36.7 Å². The van der Waals surface area contributed by atoms with Gasteiger partial charge in [-0.15, -0.1) is 0 Å². The fourth-order valence-corrected chi connectivity index (χ4v) is 2.47. The van der Waals surface area contributed by atoms with Crippen molar-refractivity contribution in [3.05, 3.63) is 42.4 Å². The Morgan fingerprint density at radius 1 is 1.06 bits per heavy atom. The minimum Gasteiger partial charge on any atom is -0.357 e. The Hall–Kier alpha value is -1.90. The zero-order chi connectivity index (χ0) is 12.4. The lowest BCUT2D eigenvalue weighted by Gasteiger charge is -2.16. The maximum absolute atomic E-state index is 4.58. The van der Waals surface area contributed by atoms with Crippen molar-refractivity contribution in [2.75, 3.05) is 18.0 Å². The van der Waals surface area contributed by atoms with Crippen LogP contribution in [0, 0.1) is 6.92 Å². The molecule has 1 aliphatic rings. The minimum absolute atomic E-state index is 1.05. The summed E-state index contributed by atoms with van der Waals surface area (Å²) in [4.78, 5) is 11.2. The smallest absolute Gasteiger partial charge is 0.128 e. The van der Waals surface area contributed by atoms with Gasteiger partial charge < -0.3 is 4.90 Å². The van der Waals surface area contributed by atoms with E-state index in [4.69, 9.17) is 0 Å². The molecule has 3 rings (SSSR count). The van der Waals surface area contributed by atoms with Crippen molar-refractivity contribution in [2.45, 2.75) is 19.8 Å². The molecule has 2 aromatic heterocycles. The van der Waals surface area contributed by atoms with E-state index in [2.05, 4.69) is 33.1 Å². The van der Waals surface area contributed by atoms with E-state index in [1.54, 1.807) is 0 Å². The summed E-state index contributed by atoms with van der Waals surface area (Å²) in [7, 11) is 0. The van der Waals surface area contributed by atoms with E-state index >= 15 is 0 Å². The monoisotopic (exact) mass is 239 g/mol. The van der Waals surface area contributed by atoms with Crippen LogP contribution in [0.25, 0.3) is 11.1 Å². The van der Waals surface area contributed by atoms with Crippen LogP contribution in [0.4, 0.5) is 5.82 Å². The van der Waals surface area contributed by atoms with Gasteiger partial charge in [-0.3, -0.25) is 4.98 Å². The van der Waals surface area contributed by atoms with Gasteiger partial charge in [0.2, 0.25) is 0 Å². The number of aryl methyl sites for hydroxylation is 1. The van der Waals surface area contributed by atoms with Gasteiger partial charge >= 0.3 is 0 Å². The molecular formula is C15H17N3. The molecule has 0 N–H and O–H groups in total. The zero-order valence-electron chi connectivity index (χ0n) is 10.6. The highest BCUT2D eigenvalue weighted by Gasteiger charge is 2.13. The number of hydrogen-bond donors (Lipinski definition) is 0. The fourth-order valence-electron chi connectivity index (χ4n) is 2.47. The predicted octanol–water partition coefficient (Wildman–Crippen LogP) is 3.05. The molecule has 1 fully saturated rings. The molecule has 0 atom stereocenters. The largest absolute Gasteiger partial charge is 0.357 e. The van der Waals surface area contributed by atoms with Crippen LogP contribution < -0.4 is 4.90 Å². The fraction of sp³-hybridized carbons (Fsp3) is 0.333. The van der Waals surface area contributed by atoms with Crippen LogP contribution in [-0.4, -0.2) is 23.1 Å². The van der Waals surface area contributed by atoms with Crippen LogP contribution in [-0.2, 0) is 0 Å². The molecule has 1 saturated heterocycles. The van der Waals surface area contributed by atoms with Crippen LogP contribution in [0.1, 0.15) is 18.5 Å². The molecule has 2 aromatic rings. The van der Waals surface area contributed by atoms with E-state index < -0.39 is 0 Å². The van der Waals surface area contributed by atoms with Gasteiger partial charge in [-0.05, 0) is 38.0 Å². The second kappa shape index (κ2) is 4.77. The average Bonchev–Trinajstić information content (AvgIpc) is 2.94.